The monoisotopic (exact) mass is 473 g/mol. The van der Waals surface area contributed by atoms with Crippen LogP contribution in [0.2, 0.25) is 5.04 Å². The molecule has 1 heterocycles. The summed E-state index contributed by atoms with van der Waals surface area (Å²) in [5, 5.41) is 1.92. The molecule has 1 atom stereocenters. The number of rotatable bonds is 7. The first kappa shape index (κ1) is 23.9. The molecule has 3 aromatic rings. The van der Waals surface area contributed by atoms with Crippen LogP contribution in [0.1, 0.15) is 26.3 Å². The molecule has 4 rings (SSSR count). The Bertz CT molecular complexity index is 1070. The highest BCUT2D eigenvalue weighted by molar-refractivity contribution is 6.99. The minimum atomic E-state index is -2.88. The van der Waals surface area contributed by atoms with Crippen molar-refractivity contribution < 1.29 is 18.8 Å². The van der Waals surface area contributed by atoms with Crippen LogP contribution < -0.4 is 10.4 Å². The van der Waals surface area contributed by atoms with E-state index in [0.717, 1.165) is 15.9 Å². The lowest BCUT2D eigenvalue weighted by molar-refractivity contribution is -0.131. The van der Waals surface area contributed by atoms with Gasteiger partial charge in [-0.1, -0.05) is 112 Å². The van der Waals surface area contributed by atoms with Gasteiger partial charge in [0.2, 0.25) is 0 Å². The van der Waals surface area contributed by atoms with Gasteiger partial charge in [-0.2, -0.15) is 0 Å². The van der Waals surface area contributed by atoms with Crippen molar-refractivity contribution in [3.8, 4) is 0 Å². The Kier molecular flexibility index (Phi) is 7.00. The van der Waals surface area contributed by atoms with Crippen molar-refractivity contribution in [1.82, 2.24) is 4.90 Å². The summed E-state index contributed by atoms with van der Waals surface area (Å²) >= 11 is 0. The third-order valence-corrected chi connectivity index (χ3v) is 11.4. The number of imide groups is 1. The summed E-state index contributed by atoms with van der Waals surface area (Å²) in [7, 11) is -2.88. The Morgan fingerprint density at radius 1 is 0.912 bits per heavy atom. The van der Waals surface area contributed by atoms with E-state index in [9.17, 15) is 9.59 Å². The maximum absolute atomic E-state index is 13.4. The summed E-state index contributed by atoms with van der Waals surface area (Å²) < 4.78 is 12.0. The van der Waals surface area contributed by atoms with E-state index in [1.54, 1.807) is 0 Å². The van der Waals surface area contributed by atoms with Crippen LogP contribution in [-0.4, -0.2) is 44.5 Å². The number of carbonyl (C=O) groups is 2. The van der Waals surface area contributed by atoms with Crippen molar-refractivity contribution in [1.29, 1.82) is 0 Å². The standard InChI is InChI=1S/C28H31NO4Si/c1-28(2,3)34(24-15-9-5-10-16-24,25-17-11-6-12-18-25)33-21-26(30)29-23(20-32-27(29)31)19-22-13-7-4-8-14-22/h4-18,23H,19-21H2,1-3H3/t23-/m0/s1. The van der Waals surface area contributed by atoms with Gasteiger partial charge in [-0.3, -0.25) is 4.79 Å². The van der Waals surface area contributed by atoms with E-state index >= 15 is 0 Å². The SMILES string of the molecule is CC(C)(C)[Si](OCC(=O)N1C(=O)OC[C@@H]1Cc1ccccc1)(c1ccccc1)c1ccccc1. The van der Waals surface area contributed by atoms with Gasteiger partial charge >= 0.3 is 6.09 Å². The molecule has 1 fully saturated rings. The predicted octanol–water partition coefficient (Wildman–Crippen LogP) is 4.15. The normalized spacial score (nSPS) is 16.4. The van der Waals surface area contributed by atoms with Crippen LogP contribution in [0.3, 0.4) is 0 Å². The van der Waals surface area contributed by atoms with Crippen molar-refractivity contribution >= 4 is 30.7 Å². The molecule has 0 radical (unpaired) electrons. The second-order valence-electron chi connectivity index (χ2n) is 9.64. The van der Waals surface area contributed by atoms with E-state index in [0.29, 0.717) is 6.42 Å². The summed E-state index contributed by atoms with van der Waals surface area (Å²) in [6, 6.07) is 29.8. The topological polar surface area (TPSA) is 55.8 Å². The first-order valence-corrected chi connectivity index (χ1v) is 13.5. The number of hydrogen-bond acceptors (Lipinski definition) is 4. The maximum atomic E-state index is 13.4. The highest BCUT2D eigenvalue weighted by Crippen LogP contribution is 2.36. The van der Waals surface area contributed by atoms with Crippen LogP contribution in [0, 0.1) is 0 Å². The van der Waals surface area contributed by atoms with Crippen molar-refractivity contribution in [2.45, 2.75) is 38.3 Å². The van der Waals surface area contributed by atoms with E-state index in [2.05, 4.69) is 45.0 Å². The highest BCUT2D eigenvalue weighted by atomic mass is 28.4. The van der Waals surface area contributed by atoms with Gasteiger partial charge in [0.1, 0.15) is 13.2 Å². The van der Waals surface area contributed by atoms with Gasteiger partial charge in [-0.05, 0) is 27.4 Å². The molecule has 1 aliphatic rings. The first-order chi connectivity index (χ1) is 16.3. The fourth-order valence-electron chi connectivity index (χ4n) is 4.80. The van der Waals surface area contributed by atoms with Crippen LogP contribution in [-0.2, 0) is 20.4 Å². The molecule has 1 saturated heterocycles. The van der Waals surface area contributed by atoms with E-state index < -0.39 is 14.4 Å². The molecule has 3 aromatic carbocycles. The highest BCUT2D eigenvalue weighted by Gasteiger charge is 2.51. The van der Waals surface area contributed by atoms with Crippen molar-refractivity contribution in [2.24, 2.45) is 0 Å². The molecule has 6 heteroatoms. The summed E-state index contributed by atoms with van der Waals surface area (Å²) in [6.45, 7) is 6.48. The third-order valence-electron chi connectivity index (χ3n) is 6.37. The molecular formula is C28H31NO4Si. The van der Waals surface area contributed by atoms with E-state index in [1.165, 1.54) is 4.90 Å². The lowest BCUT2D eigenvalue weighted by atomic mass is 10.1. The van der Waals surface area contributed by atoms with Crippen LogP contribution in [0.25, 0.3) is 0 Å². The largest absolute Gasteiger partial charge is 0.447 e. The van der Waals surface area contributed by atoms with E-state index in [1.807, 2.05) is 66.7 Å². The number of nitrogens with zero attached hydrogens (tertiary/aromatic N) is 1. The van der Waals surface area contributed by atoms with Crippen LogP contribution >= 0.6 is 0 Å². The average Bonchev–Trinajstić information content (AvgIpc) is 3.20. The zero-order valence-corrected chi connectivity index (χ0v) is 20.9. The third kappa shape index (κ3) is 4.69. The van der Waals surface area contributed by atoms with Crippen molar-refractivity contribution in [2.75, 3.05) is 13.2 Å². The van der Waals surface area contributed by atoms with Gasteiger partial charge in [-0.15, -0.1) is 0 Å². The molecule has 0 unspecified atom stereocenters. The zero-order valence-electron chi connectivity index (χ0n) is 19.9. The van der Waals surface area contributed by atoms with Crippen LogP contribution in [0.4, 0.5) is 4.79 Å². The van der Waals surface area contributed by atoms with Gasteiger partial charge in [0.05, 0.1) is 6.04 Å². The number of benzene rings is 3. The Morgan fingerprint density at radius 2 is 1.41 bits per heavy atom. The summed E-state index contributed by atoms with van der Waals surface area (Å²) in [6.07, 6.45) is -0.0469. The summed E-state index contributed by atoms with van der Waals surface area (Å²) in [5.41, 5.74) is 1.05. The Morgan fingerprint density at radius 3 is 1.91 bits per heavy atom. The minimum absolute atomic E-state index is 0.187. The fraction of sp³-hybridized carbons (Fsp3) is 0.286. The average molecular weight is 474 g/mol. The molecule has 0 aliphatic carbocycles. The number of ether oxygens (including phenoxy) is 1. The molecule has 1 aliphatic heterocycles. The van der Waals surface area contributed by atoms with Crippen molar-refractivity contribution in [3.63, 3.8) is 0 Å². The predicted molar refractivity (Wildman–Crippen MR) is 136 cm³/mol. The molecule has 2 amide bonds. The zero-order chi connectivity index (χ0) is 24.2. The van der Waals surface area contributed by atoms with Gasteiger partial charge < -0.3 is 9.16 Å². The molecule has 176 valence electrons. The minimum Gasteiger partial charge on any atom is -0.447 e. The Hall–Kier alpha value is -3.22. The second kappa shape index (κ2) is 9.95. The van der Waals surface area contributed by atoms with Gasteiger partial charge in [-0.25, -0.2) is 9.69 Å². The number of carbonyl (C=O) groups excluding carboxylic acids is 2. The van der Waals surface area contributed by atoms with Gasteiger partial charge in [0.25, 0.3) is 14.2 Å². The van der Waals surface area contributed by atoms with E-state index in [4.69, 9.17) is 9.16 Å². The molecule has 0 N–H and O–H groups in total. The fourth-order valence-corrected chi connectivity index (χ4v) is 9.30. The number of hydrogen-bond donors (Lipinski definition) is 0. The smallest absolute Gasteiger partial charge is 0.417 e. The quantitative estimate of drug-likeness (QED) is 0.484. The summed E-state index contributed by atoms with van der Waals surface area (Å²) in [5.74, 6) is -0.364. The van der Waals surface area contributed by atoms with Crippen molar-refractivity contribution in [3.05, 3.63) is 96.6 Å². The van der Waals surface area contributed by atoms with Crippen LogP contribution in [0.5, 0.6) is 0 Å². The Balaban J connectivity index is 1.63. The molecule has 0 aromatic heterocycles. The molecule has 0 saturated carbocycles. The first-order valence-electron chi connectivity index (χ1n) is 11.6. The second-order valence-corrected chi connectivity index (χ2v) is 13.9. The lowest BCUT2D eigenvalue weighted by Crippen LogP contribution is -2.67. The van der Waals surface area contributed by atoms with E-state index in [-0.39, 0.29) is 30.2 Å². The summed E-state index contributed by atoms with van der Waals surface area (Å²) in [4.78, 5) is 27.2. The molecule has 0 spiro atoms. The lowest BCUT2D eigenvalue weighted by Gasteiger charge is -2.43. The molecular weight excluding hydrogens is 442 g/mol. The van der Waals surface area contributed by atoms with Crippen LogP contribution in [0.15, 0.2) is 91.0 Å². The van der Waals surface area contributed by atoms with Gasteiger partial charge in [0, 0.05) is 0 Å². The molecule has 5 nitrogen and oxygen atoms in total. The number of cyclic esters (lactones) is 1. The maximum Gasteiger partial charge on any atom is 0.417 e. The Labute approximate surface area is 202 Å². The molecule has 0 bridgehead atoms. The molecule has 34 heavy (non-hydrogen) atoms. The number of amides is 2. The van der Waals surface area contributed by atoms with Gasteiger partial charge in [0.15, 0.2) is 0 Å².